The van der Waals surface area contributed by atoms with Crippen LogP contribution in [0.15, 0.2) is 35.4 Å². The minimum Gasteiger partial charge on any atom is -0.296 e. The Labute approximate surface area is 97.7 Å². The van der Waals surface area contributed by atoms with E-state index < -0.39 is 0 Å². The zero-order valence-corrected chi connectivity index (χ0v) is 9.65. The molecule has 0 aliphatic heterocycles. The maximum absolute atomic E-state index is 10.4. The lowest BCUT2D eigenvalue weighted by atomic mass is 10.2. The summed E-state index contributed by atoms with van der Waals surface area (Å²) in [6.07, 6.45) is 4.37. The Morgan fingerprint density at radius 1 is 1.38 bits per heavy atom. The predicted octanol–water partition coefficient (Wildman–Crippen LogP) is 1.86. The van der Waals surface area contributed by atoms with Crippen molar-refractivity contribution in [3.63, 3.8) is 0 Å². The molecule has 82 valence electrons. The Morgan fingerprint density at radius 3 is 2.69 bits per heavy atom. The van der Waals surface area contributed by atoms with E-state index in [1.54, 1.807) is 22.6 Å². The fourth-order valence-corrected chi connectivity index (χ4v) is 1.77. The SMILES string of the molecule is CSc1ccc(Cn2cc(C=O)nn2)cc1. The summed E-state index contributed by atoms with van der Waals surface area (Å²) in [6, 6.07) is 8.23. The molecule has 0 radical (unpaired) electrons. The van der Waals surface area contributed by atoms with E-state index >= 15 is 0 Å². The minimum absolute atomic E-state index is 0.362. The van der Waals surface area contributed by atoms with Crippen molar-refractivity contribution in [3.05, 3.63) is 41.7 Å². The molecule has 0 bridgehead atoms. The van der Waals surface area contributed by atoms with Gasteiger partial charge in [-0.1, -0.05) is 17.3 Å². The first-order valence-corrected chi connectivity index (χ1v) is 6.02. The summed E-state index contributed by atoms with van der Waals surface area (Å²) in [4.78, 5) is 11.7. The zero-order valence-electron chi connectivity index (χ0n) is 8.83. The molecule has 2 aromatic rings. The van der Waals surface area contributed by atoms with Gasteiger partial charge < -0.3 is 0 Å². The lowest BCUT2D eigenvalue weighted by Gasteiger charge is -2.01. The van der Waals surface area contributed by atoms with Gasteiger partial charge >= 0.3 is 0 Å². The van der Waals surface area contributed by atoms with Crippen molar-refractivity contribution in [3.8, 4) is 0 Å². The van der Waals surface area contributed by atoms with E-state index in [0.29, 0.717) is 18.5 Å². The molecule has 5 heteroatoms. The Hall–Kier alpha value is -1.62. The van der Waals surface area contributed by atoms with E-state index in [1.165, 1.54) is 4.90 Å². The molecule has 0 spiro atoms. The first-order chi connectivity index (χ1) is 7.81. The van der Waals surface area contributed by atoms with E-state index in [-0.39, 0.29) is 0 Å². The van der Waals surface area contributed by atoms with Gasteiger partial charge in [0.05, 0.1) is 12.7 Å². The van der Waals surface area contributed by atoms with Crippen molar-refractivity contribution in [2.75, 3.05) is 6.26 Å². The number of nitrogens with zero attached hydrogens (tertiary/aromatic N) is 3. The van der Waals surface area contributed by atoms with E-state index in [0.717, 1.165) is 5.56 Å². The van der Waals surface area contributed by atoms with Crippen LogP contribution in [-0.2, 0) is 6.54 Å². The standard InChI is InChI=1S/C11H11N3OS/c1-16-11-4-2-9(3-5-11)6-14-7-10(8-15)12-13-14/h2-5,7-8H,6H2,1H3. The van der Waals surface area contributed by atoms with Gasteiger partial charge in [-0.05, 0) is 24.0 Å². The molecule has 16 heavy (non-hydrogen) atoms. The van der Waals surface area contributed by atoms with Crippen LogP contribution in [0.4, 0.5) is 0 Å². The van der Waals surface area contributed by atoms with Gasteiger partial charge in [0.15, 0.2) is 6.29 Å². The molecule has 0 fully saturated rings. The molecule has 1 aromatic heterocycles. The molecule has 2 rings (SSSR count). The van der Waals surface area contributed by atoms with E-state index in [4.69, 9.17) is 0 Å². The molecular weight excluding hydrogens is 222 g/mol. The van der Waals surface area contributed by atoms with Crippen molar-refractivity contribution < 1.29 is 4.79 Å². The topological polar surface area (TPSA) is 47.8 Å². The number of hydrogen-bond acceptors (Lipinski definition) is 4. The average Bonchev–Trinajstić information content (AvgIpc) is 2.78. The maximum atomic E-state index is 10.4. The van der Waals surface area contributed by atoms with Gasteiger partial charge in [-0.3, -0.25) is 4.79 Å². The highest BCUT2D eigenvalue weighted by atomic mass is 32.2. The van der Waals surface area contributed by atoms with Gasteiger partial charge in [-0.15, -0.1) is 16.9 Å². The molecule has 0 N–H and O–H groups in total. The number of aldehydes is 1. The first kappa shape index (κ1) is 10.9. The second kappa shape index (κ2) is 4.94. The van der Waals surface area contributed by atoms with Crippen LogP contribution < -0.4 is 0 Å². The molecule has 0 saturated heterocycles. The molecule has 4 nitrogen and oxygen atoms in total. The largest absolute Gasteiger partial charge is 0.296 e. The highest BCUT2D eigenvalue weighted by Crippen LogP contribution is 2.15. The number of thioether (sulfide) groups is 1. The molecule has 0 unspecified atom stereocenters. The Bertz CT molecular complexity index is 478. The normalized spacial score (nSPS) is 10.3. The lowest BCUT2D eigenvalue weighted by molar-refractivity contribution is 0.111. The van der Waals surface area contributed by atoms with Crippen molar-refractivity contribution in [2.24, 2.45) is 0 Å². The van der Waals surface area contributed by atoms with Gasteiger partial charge in [0, 0.05) is 4.90 Å². The summed E-state index contributed by atoms with van der Waals surface area (Å²) in [5, 5.41) is 7.56. The van der Waals surface area contributed by atoms with Gasteiger partial charge in [-0.2, -0.15) is 0 Å². The molecule has 1 aromatic carbocycles. The van der Waals surface area contributed by atoms with Crippen molar-refractivity contribution in [1.29, 1.82) is 0 Å². The average molecular weight is 233 g/mol. The summed E-state index contributed by atoms with van der Waals surface area (Å²) in [6.45, 7) is 0.634. The number of aromatic nitrogens is 3. The molecule has 0 atom stereocenters. The van der Waals surface area contributed by atoms with Gasteiger partial charge in [0.1, 0.15) is 5.69 Å². The second-order valence-corrected chi connectivity index (χ2v) is 4.19. The van der Waals surface area contributed by atoms with Crippen molar-refractivity contribution >= 4 is 18.0 Å². The third-order valence-corrected chi connectivity index (χ3v) is 2.92. The highest BCUT2D eigenvalue weighted by molar-refractivity contribution is 7.98. The van der Waals surface area contributed by atoms with Gasteiger partial charge in [0.25, 0.3) is 0 Å². The quantitative estimate of drug-likeness (QED) is 0.597. The predicted molar refractivity (Wildman–Crippen MR) is 62.7 cm³/mol. The summed E-state index contributed by atoms with van der Waals surface area (Å²) in [5.41, 5.74) is 1.50. The molecule has 0 saturated carbocycles. The number of rotatable bonds is 4. The fraction of sp³-hybridized carbons (Fsp3) is 0.182. The summed E-state index contributed by atoms with van der Waals surface area (Å²) >= 11 is 1.71. The van der Waals surface area contributed by atoms with Crippen molar-refractivity contribution in [2.45, 2.75) is 11.4 Å². The number of carbonyl (C=O) groups excluding carboxylic acids is 1. The van der Waals surface area contributed by atoms with Crippen LogP contribution in [0.2, 0.25) is 0 Å². The van der Waals surface area contributed by atoms with Gasteiger partial charge in [0.2, 0.25) is 0 Å². The minimum atomic E-state index is 0.362. The van der Waals surface area contributed by atoms with E-state index in [2.05, 4.69) is 22.4 Å². The molecule has 1 heterocycles. The fourth-order valence-electron chi connectivity index (χ4n) is 1.36. The molecule has 0 aliphatic carbocycles. The monoisotopic (exact) mass is 233 g/mol. The van der Waals surface area contributed by atoms with Crippen LogP contribution in [-0.4, -0.2) is 27.5 Å². The number of benzene rings is 1. The van der Waals surface area contributed by atoms with E-state index in [1.807, 2.05) is 18.4 Å². The third-order valence-electron chi connectivity index (χ3n) is 2.18. The van der Waals surface area contributed by atoms with Crippen LogP contribution in [0.1, 0.15) is 16.1 Å². The highest BCUT2D eigenvalue weighted by Gasteiger charge is 2.00. The maximum Gasteiger partial charge on any atom is 0.171 e. The van der Waals surface area contributed by atoms with E-state index in [9.17, 15) is 4.79 Å². The molecule has 0 amide bonds. The summed E-state index contributed by atoms with van der Waals surface area (Å²) in [7, 11) is 0. The smallest absolute Gasteiger partial charge is 0.171 e. The van der Waals surface area contributed by atoms with Crippen LogP contribution in [0.5, 0.6) is 0 Å². The van der Waals surface area contributed by atoms with Crippen LogP contribution in [0.3, 0.4) is 0 Å². The third kappa shape index (κ3) is 2.49. The molecule has 0 aliphatic rings. The van der Waals surface area contributed by atoms with Crippen LogP contribution in [0.25, 0.3) is 0 Å². The lowest BCUT2D eigenvalue weighted by Crippen LogP contribution is -2.00. The Morgan fingerprint density at radius 2 is 2.12 bits per heavy atom. The first-order valence-electron chi connectivity index (χ1n) is 4.80. The Kier molecular flexibility index (Phi) is 3.36. The molecular formula is C11H11N3OS. The Balaban J connectivity index is 2.10. The van der Waals surface area contributed by atoms with Crippen molar-refractivity contribution in [1.82, 2.24) is 15.0 Å². The summed E-state index contributed by atoms with van der Waals surface area (Å²) < 4.78 is 1.65. The number of carbonyl (C=O) groups is 1. The number of hydrogen-bond donors (Lipinski definition) is 0. The second-order valence-electron chi connectivity index (χ2n) is 3.31. The van der Waals surface area contributed by atoms with Crippen LogP contribution in [0, 0.1) is 0 Å². The zero-order chi connectivity index (χ0) is 11.4. The van der Waals surface area contributed by atoms with Gasteiger partial charge in [-0.25, -0.2) is 4.68 Å². The summed E-state index contributed by atoms with van der Waals surface area (Å²) in [5.74, 6) is 0. The van der Waals surface area contributed by atoms with Crippen LogP contribution >= 0.6 is 11.8 Å².